The SMILES string of the molecule is COc1ccc(CC(=O)NC2CCOC2)cc1. The first kappa shape index (κ1) is 11.9. The summed E-state index contributed by atoms with van der Waals surface area (Å²) in [6.07, 6.45) is 1.31. The Labute approximate surface area is 101 Å². The summed E-state index contributed by atoms with van der Waals surface area (Å²) in [6, 6.07) is 7.72. The fraction of sp³-hybridized carbons (Fsp3) is 0.462. The van der Waals surface area contributed by atoms with Gasteiger partial charge in [0.05, 0.1) is 26.2 Å². The number of hydrogen-bond donors (Lipinski definition) is 1. The highest BCUT2D eigenvalue weighted by Crippen LogP contribution is 2.12. The van der Waals surface area contributed by atoms with Crippen LogP contribution in [0.4, 0.5) is 0 Å². The van der Waals surface area contributed by atoms with Gasteiger partial charge in [-0.3, -0.25) is 4.79 Å². The molecule has 1 amide bonds. The first-order valence-corrected chi connectivity index (χ1v) is 5.78. The predicted octanol–water partition coefficient (Wildman–Crippen LogP) is 1.14. The number of ether oxygens (including phenoxy) is 2. The van der Waals surface area contributed by atoms with Crippen LogP contribution < -0.4 is 10.1 Å². The standard InChI is InChI=1S/C13H17NO3/c1-16-12-4-2-10(3-5-12)8-13(15)14-11-6-7-17-9-11/h2-5,11H,6-9H2,1H3,(H,14,15). The highest BCUT2D eigenvalue weighted by atomic mass is 16.5. The molecule has 2 rings (SSSR count). The molecule has 4 nitrogen and oxygen atoms in total. The van der Waals surface area contributed by atoms with Crippen molar-refractivity contribution in [3.8, 4) is 5.75 Å². The zero-order valence-electron chi connectivity index (χ0n) is 9.94. The van der Waals surface area contributed by atoms with Gasteiger partial charge in [-0.2, -0.15) is 0 Å². The molecule has 0 radical (unpaired) electrons. The first-order chi connectivity index (χ1) is 8.28. The summed E-state index contributed by atoms with van der Waals surface area (Å²) in [6.45, 7) is 1.38. The lowest BCUT2D eigenvalue weighted by Crippen LogP contribution is -2.35. The van der Waals surface area contributed by atoms with Crippen molar-refractivity contribution in [3.63, 3.8) is 0 Å². The van der Waals surface area contributed by atoms with Gasteiger partial charge in [0.1, 0.15) is 5.75 Å². The minimum Gasteiger partial charge on any atom is -0.497 e. The van der Waals surface area contributed by atoms with E-state index in [1.54, 1.807) is 7.11 Å². The molecule has 0 saturated carbocycles. The van der Waals surface area contributed by atoms with E-state index in [-0.39, 0.29) is 11.9 Å². The van der Waals surface area contributed by atoms with Crippen LogP contribution >= 0.6 is 0 Å². The average Bonchev–Trinajstić information content (AvgIpc) is 2.82. The Kier molecular flexibility index (Phi) is 3.98. The van der Waals surface area contributed by atoms with Crippen molar-refractivity contribution in [1.29, 1.82) is 0 Å². The van der Waals surface area contributed by atoms with Gasteiger partial charge >= 0.3 is 0 Å². The van der Waals surface area contributed by atoms with Gasteiger partial charge in [-0.05, 0) is 24.1 Å². The van der Waals surface area contributed by atoms with E-state index in [0.717, 1.165) is 24.3 Å². The maximum absolute atomic E-state index is 11.7. The van der Waals surface area contributed by atoms with E-state index in [1.807, 2.05) is 24.3 Å². The zero-order valence-corrected chi connectivity index (χ0v) is 9.94. The second-order valence-electron chi connectivity index (χ2n) is 4.15. The van der Waals surface area contributed by atoms with Crippen LogP contribution in [0.5, 0.6) is 5.75 Å². The topological polar surface area (TPSA) is 47.6 Å². The van der Waals surface area contributed by atoms with E-state index < -0.39 is 0 Å². The summed E-state index contributed by atoms with van der Waals surface area (Å²) in [4.78, 5) is 11.7. The normalized spacial score (nSPS) is 19.0. The smallest absolute Gasteiger partial charge is 0.224 e. The molecule has 0 bridgehead atoms. The summed E-state index contributed by atoms with van der Waals surface area (Å²) >= 11 is 0. The summed E-state index contributed by atoms with van der Waals surface area (Å²) < 4.78 is 10.3. The zero-order chi connectivity index (χ0) is 12.1. The molecule has 0 aliphatic carbocycles. The van der Waals surface area contributed by atoms with Crippen molar-refractivity contribution in [2.24, 2.45) is 0 Å². The van der Waals surface area contributed by atoms with Crippen LogP contribution in [0.15, 0.2) is 24.3 Å². The third kappa shape index (κ3) is 3.46. The second-order valence-corrected chi connectivity index (χ2v) is 4.15. The highest BCUT2D eigenvalue weighted by molar-refractivity contribution is 5.78. The van der Waals surface area contributed by atoms with E-state index in [0.29, 0.717) is 13.0 Å². The molecule has 1 aromatic rings. The van der Waals surface area contributed by atoms with Gasteiger partial charge in [0.2, 0.25) is 5.91 Å². The lowest BCUT2D eigenvalue weighted by molar-refractivity contribution is -0.121. The van der Waals surface area contributed by atoms with Crippen LogP contribution in [0.1, 0.15) is 12.0 Å². The quantitative estimate of drug-likeness (QED) is 0.851. The Morgan fingerprint density at radius 1 is 1.47 bits per heavy atom. The molecular weight excluding hydrogens is 218 g/mol. The summed E-state index contributed by atoms with van der Waals surface area (Å²) in [7, 11) is 1.63. The van der Waals surface area contributed by atoms with Gasteiger partial charge in [0.25, 0.3) is 0 Å². The average molecular weight is 235 g/mol. The van der Waals surface area contributed by atoms with Crippen molar-refractivity contribution in [2.45, 2.75) is 18.9 Å². The Bertz CT molecular complexity index is 369. The fourth-order valence-corrected chi connectivity index (χ4v) is 1.86. The Morgan fingerprint density at radius 2 is 2.24 bits per heavy atom. The molecule has 92 valence electrons. The van der Waals surface area contributed by atoms with Crippen LogP contribution in [0, 0.1) is 0 Å². The van der Waals surface area contributed by atoms with Gasteiger partial charge in [-0.15, -0.1) is 0 Å². The first-order valence-electron chi connectivity index (χ1n) is 5.78. The molecule has 17 heavy (non-hydrogen) atoms. The molecule has 1 aliphatic heterocycles. The molecule has 1 atom stereocenters. The number of hydrogen-bond acceptors (Lipinski definition) is 3. The van der Waals surface area contributed by atoms with Gasteiger partial charge in [0, 0.05) is 6.61 Å². The van der Waals surface area contributed by atoms with Gasteiger partial charge < -0.3 is 14.8 Å². The van der Waals surface area contributed by atoms with Crippen LogP contribution in [0.25, 0.3) is 0 Å². The maximum Gasteiger partial charge on any atom is 0.224 e. The molecule has 1 heterocycles. The lowest BCUT2D eigenvalue weighted by atomic mass is 10.1. The monoisotopic (exact) mass is 235 g/mol. The number of amides is 1. The number of carbonyl (C=O) groups is 1. The summed E-state index contributed by atoms with van der Waals surface area (Å²) in [5.41, 5.74) is 0.988. The van der Waals surface area contributed by atoms with E-state index in [9.17, 15) is 4.79 Å². The third-order valence-corrected chi connectivity index (χ3v) is 2.82. The van der Waals surface area contributed by atoms with Gasteiger partial charge in [-0.25, -0.2) is 0 Å². The molecular formula is C13H17NO3. The number of benzene rings is 1. The van der Waals surface area contributed by atoms with Crippen molar-refractivity contribution >= 4 is 5.91 Å². The molecule has 1 unspecified atom stereocenters. The summed E-state index contributed by atoms with van der Waals surface area (Å²) in [5.74, 6) is 0.851. The number of rotatable bonds is 4. The molecule has 1 aliphatic rings. The van der Waals surface area contributed by atoms with Crippen LogP contribution in [-0.4, -0.2) is 32.3 Å². The van der Waals surface area contributed by atoms with Crippen LogP contribution in [0.2, 0.25) is 0 Å². The minimum absolute atomic E-state index is 0.0469. The minimum atomic E-state index is 0.0469. The van der Waals surface area contributed by atoms with Crippen LogP contribution in [0.3, 0.4) is 0 Å². The third-order valence-electron chi connectivity index (χ3n) is 2.82. The van der Waals surface area contributed by atoms with Crippen molar-refractivity contribution < 1.29 is 14.3 Å². The maximum atomic E-state index is 11.7. The number of carbonyl (C=O) groups excluding carboxylic acids is 1. The largest absolute Gasteiger partial charge is 0.497 e. The van der Waals surface area contributed by atoms with Crippen molar-refractivity contribution in [1.82, 2.24) is 5.32 Å². The highest BCUT2D eigenvalue weighted by Gasteiger charge is 2.17. The van der Waals surface area contributed by atoms with Gasteiger partial charge in [0.15, 0.2) is 0 Å². The van der Waals surface area contributed by atoms with Crippen molar-refractivity contribution in [2.75, 3.05) is 20.3 Å². The Hall–Kier alpha value is -1.55. The van der Waals surface area contributed by atoms with E-state index in [4.69, 9.17) is 9.47 Å². The fourth-order valence-electron chi connectivity index (χ4n) is 1.86. The summed E-state index contributed by atoms with van der Waals surface area (Å²) in [5, 5.41) is 2.96. The molecule has 1 fully saturated rings. The molecule has 0 aromatic heterocycles. The van der Waals surface area contributed by atoms with Gasteiger partial charge in [-0.1, -0.05) is 12.1 Å². The molecule has 4 heteroatoms. The Balaban J connectivity index is 1.84. The number of methoxy groups -OCH3 is 1. The Morgan fingerprint density at radius 3 is 2.82 bits per heavy atom. The molecule has 0 spiro atoms. The van der Waals surface area contributed by atoms with E-state index in [1.165, 1.54) is 0 Å². The molecule has 1 saturated heterocycles. The number of nitrogens with one attached hydrogen (secondary N) is 1. The molecule has 1 aromatic carbocycles. The van der Waals surface area contributed by atoms with E-state index in [2.05, 4.69) is 5.32 Å². The van der Waals surface area contributed by atoms with Crippen LogP contribution in [-0.2, 0) is 16.0 Å². The predicted molar refractivity (Wildman–Crippen MR) is 64.1 cm³/mol. The van der Waals surface area contributed by atoms with Crippen molar-refractivity contribution in [3.05, 3.63) is 29.8 Å². The molecule has 1 N–H and O–H groups in total. The second kappa shape index (κ2) is 5.68. The lowest BCUT2D eigenvalue weighted by Gasteiger charge is -2.10. The van der Waals surface area contributed by atoms with E-state index >= 15 is 0 Å².